The van der Waals surface area contributed by atoms with Crippen molar-refractivity contribution in [2.45, 2.75) is 24.3 Å². The van der Waals surface area contributed by atoms with Gasteiger partial charge in [0.1, 0.15) is 18.8 Å². The van der Waals surface area contributed by atoms with Gasteiger partial charge in [-0.15, -0.1) is 0 Å². The third kappa shape index (κ3) is 1.56. The number of cyclic esters (lactones) is 1. The van der Waals surface area contributed by atoms with Crippen LogP contribution < -0.4 is 11.5 Å². The zero-order valence-corrected chi connectivity index (χ0v) is 6.38. The Bertz CT molecular complexity index is 186. The number of aliphatic hydroxyl groups is 2. The molecule has 6 nitrogen and oxygen atoms in total. The van der Waals surface area contributed by atoms with E-state index in [2.05, 4.69) is 4.74 Å². The van der Waals surface area contributed by atoms with Crippen molar-refractivity contribution in [2.75, 3.05) is 6.61 Å². The molecule has 12 heavy (non-hydrogen) atoms. The minimum atomic E-state index is -1.25. The summed E-state index contributed by atoms with van der Waals surface area (Å²) in [7, 11) is 0. The largest absolute Gasteiger partial charge is 0.462 e. The van der Waals surface area contributed by atoms with Crippen LogP contribution in [0.5, 0.6) is 0 Å². The van der Waals surface area contributed by atoms with Gasteiger partial charge in [0, 0.05) is 0 Å². The first-order chi connectivity index (χ1) is 5.54. The van der Waals surface area contributed by atoms with E-state index >= 15 is 0 Å². The highest BCUT2D eigenvalue weighted by Gasteiger charge is 2.36. The van der Waals surface area contributed by atoms with Gasteiger partial charge in [0.25, 0.3) is 0 Å². The second kappa shape index (κ2) is 3.36. The van der Waals surface area contributed by atoms with Crippen LogP contribution >= 0.6 is 0 Å². The SMILES string of the molecule is NC1C(=O)OCC(O)C(N)C1O. The minimum Gasteiger partial charge on any atom is -0.462 e. The van der Waals surface area contributed by atoms with Crippen LogP contribution in [0.2, 0.25) is 0 Å². The van der Waals surface area contributed by atoms with Gasteiger partial charge in [-0.05, 0) is 0 Å². The van der Waals surface area contributed by atoms with Crippen molar-refractivity contribution in [1.29, 1.82) is 0 Å². The first-order valence-corrected chi connectivity index (χ1v) is 3.58. The van der Waals surface area contributed by atoms with E-state index in [9.17, 15) is 9.90 Å². The fourth-order valence-corrected chi connectivity index (χ4v) is 0.981. The normalized spacial score (nSPS) is 43.5. The summed E-state index contributed by atoms with van der Waals surface area (Å²) in [6, 6.07) is -2.11. The molecule has 1 aliphatic rings. The van der Waals surface area contributed by atoms with E-state index in [-0.39, 0.29) is 6.61 Å². The smallest absolute Gasteiger partial charge is 0.325 e. The van der Waals surface area contributed by atoms with Gasteiger partial charge in [-0.2, -0.15) is 0 Å². The van der Waals surface area contributed by atoms with Crippen LogP contribution in [0.4, 0.5) is 0 Å². The van der Waals surface area contributed by atoms with E-state index in [1.807, 2.05) is 0 Å². The van der Waals surface area contributed by atoms with Crippen molar-refractivity contribution in [2.24, 2.45) is 11.5 Å². The third-order valence-corrected chi connectivity index (χ3v) is 1.88. The number of carbonyl (C=O) groups is 1. The summed E-state index contributed by atoms with van der Waals surface area (Å²) in [6.45, 7) is -0.217. The van der Waals surface area contributed by atoms with Crippen LogP contribution in [0.15, 0.2) is 0 Å². The molecule has 1 rings (SSSR count). The first-order valence-electron chi connectivity index (χ1n) is 3.58. The summed E-state index contributed by atoms with van der Waals surface area (Å²) in [4.78, 5) is 10.8. The van der Waals surface area contributed by atoms with Crippen LogP contribution in [0, 0.1) is 0 Å². The van der Waals surface area contributed by atoms with E-state index in [1.54, 1.807) is 0 Å². The number of aliphatic hydroxyl groups excluding tert-OH is 2. The maximum absolute atomic E-state index is 10.8. The Hall–Kier alpha value is -0.690. The standard InChI is InChI=1S/C6H12N2O4/c7-3-2(9)1-12-6(11)4(8)5(3)10/h2-5,9-10H,1,7-8H2. The molecule has 0 aromatic rings. The number of esters is 1. The summed E-state index contributed by atoms with van der Waals surface area (Å²) in [6.07, 6.45) is -2.31. The van der Waals surface area contributed by atoms with Crippen LogP contribution in [0.25, 0.3) is 0 Å². The second-order valence-electron chi connectivity index (χ2n) is 2.79. The quantitative estimate of drug-likeness (QED) is 0.291. The van der Waals surface area contributed by atoms with E-state index in [0.717, 1.165) is 0 Å². The van der Waals surface area contributed by atoms with Crippen LogP contribution in [-0.2, 0) is 9.53 Å². The summed E-state index contributed by atoms with van der Waals surface area (Å²) in [5.74, 6) is -0.741. The van der Waals surface area contributed by atoms with Crippen molar-refractivity contribution >= 4 is 5.97 Å². The van der Waals surface area contributed by atoms with Gasteiger partial charge in [-0.1, -0.05) is 0 Å². The highest BCUT2D eigenvalue weighted by atomic mass is 16.5. The predicted molar refractivity (Wildman–Crippen MR) is 38.9 cm³/mol. The molecule has 0 radical (unpaired) electrons. The molecule has 4 unspecified atom stereocenters. The van der Waals surface area contributed by atoms with Crippen molar-refractivity contribution in [3.63, 3.8) is 0 Å². The zero-order chi connectivity index (χ0) is 9.30. The number of rotatable bonds is 0. The van der Waals surface area contributed by atoms with Crippen molar-refractivity contribution in [3.8, 4) is 0 Å². The van der Waals surface area contributed by atoms with Gasteiger partial charge in [0.05, 0.1) is 12.1 Å². The van der Waals surface area contributed by atoms with Gasteiger partial charge in [-0.25, -0.2) is 0 Å². The molecule has 0 bridgehead atoms. The molecule has 6 heteroatoms. The number of ether oxygens (including phenoxy) is 1. The highest BCUT2D eigenvalue weighted by molar-refractivity contribution is 5.76. The lowest BCUT2D eigenvalue weighted by atomic mass is 10.0. The fraction of sp³-hybridized carbons (Fsp3) is 0.833. The van der Waals surface area contributed by atoms with Crippen molar-refractivity contribution < 1.29 is 19.7 Å². The Morgan fingerprint density at radius 1 is 1.42 bits per heavy atom. The Kier molecular flexibility index (Phi) is 2.63. The Labute approximate surface area is 69.1 Å². The van der Waals surface area contributed by atoms with Gasteiger partial charge in [-0.3, -0.25) is 4.79 Å². The van der Waals surface area contributed by atoms with Crippen molar-refractivity contribution in [1.82, 2.24) is 0 Å². The van der Waals surface area contributed by atoms with Crippen LogP contribution in [0.1, 0.15) is 0 Å². The average molecular weight is 176 g/mol. The molecule has 0 spiro atoms. The number of nitrogens with two attached hydrogens (primary N) is 2. The first kappa shape index (κ1) is 9.40. The highest BCUT2D eigenvalue weighted by Crippen LogP contribution is 2.08. The van der Waals surface area contributed by atoms with E-state index in [0.29, 0.717) is 0 Å². The molecular formula is C6H12N2O4. The lowest BCUT2D eigenvalue weighted by Gasteiger charge is -2.20. The van der Waals surface area contributed by atoms with E-state index < -0.39 is 30.3 Å². The summed E-state index contributed by atoms with van der Waals surface area (Å²) < 4.78 is 4.51. The molecule has 4 atom stereocenters. The lowest BCUT2D eigenvalue weighted by Crippen LogP contribution is -2.53. The molecule has 1 heterocycles. The summed E-state index contributed by atoms with van der Waals surface area (Å²) in [5, 5.41) is 18.4. The van der Waals surface area contributed by atoms with Gasteiger partial charge < -0.3 is 26.4 Å². The molecule has 1 aliphatic heterocycles. The molecule has 0 aromatic heterocycles. The Morgan fingerprint density at radius 3 is 2.58 bits per heavy atom. The lowest BCUT2D eigenvalue weighted by molar-refractivity contribution is -0.147. The summed E-state index contributed by atoms with van der Waals surface area (Å²) in [5.41, 5.74) is 10.6. The second-order valence-corrected chi connectivity index (χ2v) is 2.79. The van der Waals surface area contributed by atoms with Crippen LogP contribution in [-0.4, -0.2) is 47.1 Å². The van der Waals surface area contributed by atoms with E-state index in [4.69, 9.17) is 16.6 Å². The molecule has 1 saturated heterocycles. The number of hydrogen-bond donors (Lipinski definition) is 4. The molecular weight excluding hydrogens is 164 g/mol. The third-order valence-electron chi connectivity index (χ3n) is 1.88. The maximum atomic E-state index is 10.8. The Balaban J connectivity index is 2.75. The van der Waals surface area contributed by atoms with Crippen molar-refractivity contribution in [3.05, 3.63) is 0 Å². The van der Waals surface area contributed by atoms with Crippen LogP contribution in [0.3, 0.4) is 0 Å². The monoisotopic (exact) mass is 176 g/mol. The van der Waals surface area contributed by atoms with E-state index in [1.165, 1.54) is 0 Å². The molecule has 1 fully saturated rings. The summed E-state index contributed by atoms with van der Waals surface area (Å²) >= 11 is 0. The maximum Gasteiger partial charge on any atom is 0.325 e. The zero-order valence-electron chi connectivity index (χ0n) is 6.38. The average Bonchev–Trinajstić information content (AvgIpc) is 2.14. The van der Waals surface area contributed by atoms with Gasteiger partial charge in [0.2, 0.25) is 0 Å². The van der Waals surface area contributed by atoms with Gasteiger partial charge in [0.15, 0.2) is 0 Å². The van der Waals surface area contributed by atoms with Gasteiger partial charge >= 0.3 is 5.97 Å². The predicted octanol–water partition coefficient (Wildman–Crippen LogP) is -3.08. The molecule has 0 amide bonds. The topological polar surface area (TPSA) is 119 Å². The molecule has 0 saturated carbocycles. The number of hydrogen-bond acceptors (Lipinski definition) is 6. The minimum absolute atomic E-state index is 0.217. The molecule has 0 aliphatic carbocycles. The Morgan fingerprint density at radius 2 is 2.00 bits per heavy atom. The fourth-order valence-electron chi connectivity index (χ4n) is 0.981. The molecule has 0 aromatic carbocycles. The molecule has 6 N–H and O–H groups in total. The molecule has 70 valence electrons. The number of carbonyl (C=O) groups excluding carboxylic acids is 1.